The molecular weight excluding hydrogens is 290 g/mol. The quantitative estimate of drug-likeness (QED) is 0.407. The first-order chi connectivity index (χ1) is 9.68. The zero-order chi connectivity index (χ0) is 14.4. The van der Waals surface area contributed by atoms with Crippen molar-refractivity contribution in [1.29, 1.82) is 0 Å². The fourth-order valence-electron chi connectivity index (χ4n) is 1.68. The molecule has 0 saturated heterocycles. The second-order valence-electron chi connectivity index (χ2n) is 4.01. The van der Waals surface area contributed by atoms with Crippen LogP contribution in [0.15, 0.2) is 65.8 Å². The largest absolute Gasteiger partial charge is 0.383 e. The molecule has 2 rings (SSSR count). The molecule has 0 heterocycles. The molecule has 0 aromatic heterocycles. The summed E-state index contributed by atoms with van der Waals surface area (Å²) in [5, 5.41) is 10.9. The maximum atomic E-state index is 10.9. The van der Waals surface area contributed by atoms with Gasteiger partial charge in [0.25, 0.3) is 5.69 Å². The smallest absolute Gasteiger partial charge is 0.276 e. The Bertz CT molecular complexity index is 670. The first-order valence-corrected chi connectivity index (χ1v) is 5.97. The summed E-state index contributed by atoms with van der Waals surface area (Å²) in [5.41, 5.74) is 7.15. The Morgan fingerprint density at radius 2 is 1.71 bits per heavy atom. The second-order valence-corrected chi connectivity index (χ2v) is 4.01. The molecule has 21 heavy (non-hydrogen) atoms. The van der Waals surface area contributed by atoms with Crippen molar-refractivity contribution in [2.24, 2.45) is 10.7 Å². The molecule has 0 atom stereocenters. The van der Waals surface area contributed by atoms with E-state index in [0.717, 1.165) is 5.56 Å². The Kier molecular flexibility index (Phi) is 6.10. The monoisotopic (exact) mass is 303 g/mol. The van der Waals surface area contributed by atoms with E-state index in [1.807, 2.05) is 30.3 Å². The van der Waals surface area contributed by atoms with Crippen LogP contribution in [0.2, 0.25) is 0 Å². The topological polar surface area (TPSA) is 81.5 Å². The molecule has 0 saturated carbocycles. The molecule has 0 unspecified atom stereocenters. The van der Waals surface area contributed by atoms with E-state index in [1.54, 1.807) is 24.3 Å². The Hall–Kier alpha value is -2.66. The van der Waals surface area contributed by atoms with Crippen molar-refractivity contribution in [1.82, 2.24) is 0 Å². The van der Waals surface area contributed by atoms with Crippen molar-refractivity contribution >= 4 is 30.0 Å². The van der Waals surface area contributed by atoms with Crippen molar-refractivity contribution in [2.75, 3.05) is 0 Å². The summed E-state index contributed by atoms with van der Waals surface area (Å²) < 4.78 is 0. The molecule has 0 bridgehead atoms. The minimum Gasteiger partial charge on any atom is -0.383 e. The van der Waals surface area contributed by atoms with Crippen LogP contribution in [0.3, 0.4) is 0 Å². The van der Waals surface area contributed by atoms with E-state index in [4.69, 9.17) is 5.73 Å². The summed E-state index contributed by atoms with van der Waals surface area (Å²) in [4.78, 5) is 14.5. The zero-order valence-corrected chi connectivity index (χ0v) is 11.9. The molecule has 0 aliphatic heterocycles. The van der Waals surface area contributed by atoms with Crippen LogP contribution in [0.25, 0.3) is 6.08 Å². The number of amidine groups is 1. The third-order valence-corrected chi connectivity index (χ3v) is 2.67. The molecule has 2 aromatic carbocycles. The van der Waals surface area contributed by atoms with Crippen LogP contribution in [0.4, 0.5) is 5.69 Å². The fourth-order valence-corrected chi connectivity index (χ4v) is 1.68. The minimum absolute atomic E-state index is 0. The molecule has 5 nitrogen and oxygen atoms in total. The summed E-state index contributed by atoms with van der Waals surface area (Å²) in [6.07, 6.45) is 3.03. The summed E-state index contributed by atoms with van der Waals surface area (Å²) in [6.45, 7) is 0. The third kappa shape index (κ3) is 4.43. The maximum absolute atomic E-state index is 10.9. The van der Waals surface area contributed by atoms with Crippen LogP contribution in [0.1, 0.15) is 11.1 Å². The molecular formula is C15H14ClN3O2. The number of nitro groups is 1. The lowest BCUT2D eigenvalue weighted by atomic mass is 10.2. The van der Waals surface area contributed by atoms with E-state index < -0.39 is 4.92 Å². The highest BCUT2D eigenvalue weighted by atomic mass is 35.5. The van der Waals surface area contributed by atoms with Gasteiger partial charge in [-0.05, 0) is 12.1 Å². The second kappa shape index (κ2) is 7.81. The SMILES string of the molecule is Cl.NC(=N/C=C/c1ccccc1[N+](=O)[O-])c1ccccc1. The normalized spacial score (nSPS) is 11.1. The highest BCUT2D eigenvalue weighted by Crippen LogP contribution is 2.18. The summed E-state index contributed by atoms with van der Waals surface area (Å²) in [5.74, 6) is 0.362. The number of aliphatic imine (C=N–C) groups is 1. The minimum atomic E-state index is -0.427. The Labute approximate surface area is 128 Å². The van der Waals surface area contributed by atoms with E-state index in [2.05, 4.69) is 4.99 Å². The van der Waals surface area contributed by atoms with Gasteiger partial charge in [-0.1, -0.05) is 42.5 Å². The van der Waals surface area contributed by atoms with Crippen LogP contribution in [-0.2, 0) is 0 Å². The molecule has 0 radical (unpaired) electrons. The molecule has 0 fully saturated rings. The fraction of sp³-hybridized carbons (Fsp3) is 0. The lowest BCUT2D eigenvalue weighted by Crippen LogP contribution is -2.12. The summed E-state index contributed by atoms with van der Waals surface area (Å²) in [6, 6.07) is 15.8. The number of para-hydroxylation sites is 1. The van der Waals surface area contributed by atoms with Gasteiger partial charge in [0.15, 0.2) is 0 Å². The number of rotatable bonds is 4. The molecule has 108 valence electrons. The Morgan fingerprint density at radius 1 is 1.10 bits per heavy atom. The van der Waals surface area contributed by atoms with E-state index in [0.29, 0.717) is 11.4 Å². The molecule has 0 amide bonds. The molecule has 2 N–H and O–H groups in total. The zero-order valence-electron chi connectivity index (χ0n) is 11.0. The van der Waals surface area contributed by atoms with Gasteiger partial charge in [0.1, 0.15) is 5.84 Å². The van der Waals surface area contributed by atoms with Crippen molar-refractivity contribution in [3.63, 3.8) is 0 Å². The Balaban J connectivity index is 0.00000220. The van der Waals surface area contributed by atoms with E-state index in [1.165, 1.54) is 12.3 Å². The van der Waals surface area contributed by atoms with Crippen LogP contribution in [-0.4, -0.2) is 10.8 Å². The molecule has 0 aliphatic rings. The van der Waals surface area contributed by atoms with E-state index >= 15 is 0 Å². The average molecular weight is 304 g/mol. The highest BCUT2D eigenvalue weighted by Gasteiger charge is 2.08. The van der Waals surface area contributed by atoms with Gasteiger partial charge in [0.2, 0.25) is 0 Å². The van der Waals surface area contributed by atoms with Gasteiger partial charge in [0, 0.05) is 17.8 Å². The molecule has 0 aliphatic carbocycles. The summed E-state index contributed by atoms with van der Waals surface area (Å²) >= 11 is 0. The van der Waals surface area contributed by atoms with Gasteiger partial charge in [-0.15, -0.1) is 12.4 Å². The van der Waals surface area contributed by atoms with Crippen LogP contribution >= 0.6 is 12.4 Å². The number of halogens is 1. The first kappa shape index (κ1) is 16.4. The lowest BCUT2D eigenvalue weighted by molar-refractivity contribution is -0.385. The number of nitrogens with zero attached hydrogens (tertiary/aromatic N) is 2. The van der Waals surface area contributed by atoms with Gasteiger partial charge >= 0.3 is 0 Å². The Morgan fingerprint density at radius 3 is 2.38 bits per heavy atom. The number of nitrogens with two attached hydrogens (primary N) is 1. The number of hydrogen-bond acceptors (Lipinski definition) is 3. The summed E-state index contributed by atoms with van der Waals surface area (Å²) in [7, 11) is 0. The lowest BCUT2D eigenvalue weighted by Gasteiger charge is -1.98. The van der Waals surface area contributed by atoms with Gasteiger partial charge in [0.05, 0.1) is 10.5 Å². The standard InChI is InChI=1S/C15H13N3O2.ClH/c16-15(13-7-2-1-3-8-13)17-11-10-12-6-4-5-9-14(12)18(19)20;/h1-11H,(H2,16,17);1H/b11-10+;. The molecule has 2 aromatic rings. The number of hydrogen-bond donors (Lipinski definition) is 1. The van der Waals surface area contributed by atoms with Crippen LogP contribution < -0.4 is 5.73 Å². The predicted octanol–water partition coefficient (Wildman–Crippen LogP) is 3.39. The van der Waals surface area contributed by atoms with Crippen molar-refractivity contribution in [3.05, 3.63) is 82.0 Å². The van der Waals surface area contributed by atoms with E-state index in [9.17, 15) is 10.1 Å². The first-order valence-electron chi connectivity index (χ1n) is 5.97. The van der Waals surface area contributed by atoms with Gasteiger partial charge < -0.3 is 5.73 Å². The van der Waals surface area contributed by atoms with Gasteiger partial charge in [-0.25, -0.2) is 4.99 Å². The van der Waals surface area contributed by atoms with Gasteiger partial charge in [-0.2, -0.15) is 0 Å². The predicted molar refractivity (Wildman–Crippen MR) is 86.5 cm³/mol. The average Bonchev–Trinajstić information content (AvgIpc) is 2.48. The third-order valence-electron chi connectivity index (χ3n) is 2.67. The van der Waals surface area contributed by atoms with E-state index in [-0.39, 0.29) is 18.1 Å². The number of benzene rings is 2. The van der Waals surface area contributed by atoms with Crippen LogP contribution in [0.5, 0.6) is 0 Å². The molecule has 6 heteroatoms. The van der Waals surface area contributed by atoms with Gasteiger partial charge in [-0.3, -0.25) is 10.1 Å². The van der Waals surface area contributed by atoms with Crippen molar-refractivity contribution in [3.8, 4) is 0 Å². The van der Waals surface area contributed by atoms with Crippen molar-refractivity contribution < 1.29 is 4.92 Å². The number of nitro benzene ring substituents is 1. The highest BCUT2D eigenvalue weighted by molar-refractivity contribution is 5.97. The molecule has 0 spiro atoms. The van der Waals surface area contributed by atoms with Crippen LogP contribution in [0, 0.1) is 10.1 Å². The maximum Gasteiger partial charge on any atom is 0.276 e. The van der Waals surface area contributed by atoms with Crippen molar-refractivity contribution in [2.45, 2.75) is 0 Å².